The van der Waals surface area contributed by atoms with Gasteiger partial charge in [0.1, 0.15) is 0 Å². The first-order valence-electron chi connectivity index (χ1n) is 16.8. The summed E-state index contributed by atoms with van der Waals surface area (Å²) in [5.41, 5.74) is -0.571. The zero-order valence-electron chi connectivity index (χ0n) is 30.4. The number of esters is 1. The van der Waals surface area contributed by atoms with E-state index in [-0.39, 0.29) is 22.8 Å². The molecule has 0 saturated heterocycles. The molecule has 1 heterocycles. The molecule has 0 saturated carbocycles. The Balaban J connectivity index is 1.78. The summed E-state index contributed by atoms with van der Waals surface area (Å²) in [6, 6.07) is 21.4. The van der Waals surface area contributed by atoms with Crippen molar-refractivity contribution in [1.29, 1.82) is 0 Å². The van der Waals surface area contributed by atoms with Crippen molar-refractivity contribution in [2.75, 3.05) is 27.1 Å². The average molecular weight is 677 g/mol. The summed E-state index contributed by atoms with van der Waals surface area (Å²) in [7, 11) is -3.16. The highest BCUT2D eigenvalue weighted by Crippen LogP contribution is 2.54. The lowest BCUT2D eigenvalue weighted by Gasteiger charge is -2.49. The van der Waals surface area contributed by atoms with E-state index in [0.29, 0.717) is 25.4 Å². The number of benzene rings is 2. The van der Waals surface area contributed by atoms with Crippen molar-refractivity contribution >= 4 is 33.0 Å². The molecule has 0 fully saturated rings. The van der Waals surface area contributed by atoms with Crippen LogP contribution >= 0.6 is 0 Å². The van der Waals surface area contributed by atoms with Crippen LogP contribution in [0, 0.1) is 11.3 Å². The fourth-order valence-corrected chi connectivity index (χ4v) is 12.3. The monoisotopic (exact) mass is 676 g/mol. The number of hydrogen-bond donors (Lipinski definition) is 0. The van der Waals surface area contributed by atoms with E-state index in [2.05, 4.69) is 147 Å². The molecular weight excluding hydrogens is 621 g/mol. The summed E-state index contributed by atoms with van der Waals surface area (Å²) in [5, 5.41) is 2.44. The molecule has 1 aliphatic carbocycles. The van der Waals surface area contributed by atoms with Crippen LogP contribution in [0.5, 0.6) is 0 Å². The van der Waals surface area contributed by atoms with Gasteiger partial charge in [0.25, 0.3) is 8.32 Å². The molecule has 6 nitrogen and oxygen atoms in total. The van der Waals surface area contributed by atoms with E-state index in [0.717, 1.165) is 0 Å². The van der Waals surface area contributed by atoms with Crippen LogP contribution in [0.4, 0.5) is 0 Å². The molecule has 256 valence electrons. The third-order valence-corrected chi connectivity index (χ3v) is 20.0. The lowest BCUT2D eigenvalue weighted by molar-refractivity contribution is -0.161. The van der Waals surface area contributed by atoms with Crippen LogP contribution in [-0.2, 0) is 27.9 Å². The van der Waals surface area contributed by atoms with Crippen LogP contribution in [0.1, 0.15) is 61.8 Å². The summed E-state index contributed by atoms with van der Waals surface area (Å²) in [6.45, 7) is 23.4. The summed E-state index contributed by atoms with van der Waals surface area (Å²) in [5.74, 6) is 0.149. The standard InChI is InChI=1S/C39H56O6Si2/c1-30-26-39(34(42-29-41-9)25-35(40)45-39)38(8,23-18-24-43-46(10,11)36(2,3)4)27-31(30)28-44-47(37(5,6)7,32-19-14-12-15-20-32)33-21-16-13-17-22-33/h12-23,25,27,30H,24,26,28-29H2,1-11H3/b23-18-/t30-,38-,39-/m0/s1. The van der Waals surface area contributed by atoms with Gasteiger partial charge in [-0.1, -0.05) is 127 Å². The molecule has 2 aromatic rings. The van der Waals surface area contributed by atoms with Crippen molar-refractivity contribution in [2.24, 2.45) is 11.3 Å². The summed E-state index contributed by atoms with van der Waals surface area (Å²) >= 11 is 0. The average Bonchev–Trinajstić information content (AvgIpc) is 3.32. The third kappa shape index (κ3) is 7.32. The molecule has 1 spiro atoms. The van der Waals surface area contributed by atoms with E-state index in [1.54, 1.807) is 7.11 Å². The van der Waals surface area contributed by atoms with E-state index in [1.165, 1.54) is 22.0 Å². The van der Waals surface area contributed by atoms with E-state index >= 15 is 0 Å². The smallest absolute Gasteiger partial charge is 0.335 e. The molecule has 2 aliphatic rings. The Morgan fingerprint density at radius 1 is 0.915 bits per heavy atom. The Hall–Kier alpha value is -2.76. The number of hydrogen-bond acceptors (Lipinski definition) is 6. The van der Waals surface area contributed by atoms with Crippen molar-refractivity contribution in [3.05, 3.63) is 96.3 Å². The normalized spacial score (nSPS) is 24.0. The van der Waals surface area contributed by atoms with Gasteiger partial charge in [-0.3, -0.25) is 0 Å². The molecule has 0 unspecified atom stereocenters. The Morgan fingerprint density at radius 2 is 1.49 bits per heavy atom. The van der Waals surface area contributed by atoms with Gasteiger partial charge in [0, 0.05) is 13.5 Å². The molecule has 4 rings (SSSR count). The minimum absolute atomic E-state index is 0.0282. The Kier molecular flexibility index (Phi) is 11.0. The molecule has 47 heavy (non-hydrogen) atoms. The van der Waals surface area contributed by atoms with Crippen LogP contribution in [0.3, 0.4) is 0 Å². The molecule has 2 aromatic carbocycles. The highest BCUT2D eigenvalue weighted by atomic mass is 28.4. The predicted molar refractivity (Wildman–Crippen MR) is 196 cm³/mol. The largest absolute Gasteiger partial charge is 0.467 e. The van der Waals surface area contributed by atoms with Crippen LogP contribution in [-0.4, -0.2) is 55.3 Å². The second-order valence-electron chi connectivity index (χ2n) is 15.8. The van der Waals surface area contributed by atoms with Crippen LogP contribution in [0.25, 0.3) is 0 Å². The summed E-state index contributed by atoms with van der Waals surface area (Å²) in [6.07, 6.45) is 8.49. The quantitative estimate of drug-likeness (QED) is 0.0986. The molecule has 0 amide bonds. The fourth-order valence-electron chi connectivity index (χ4n) is 6.79. The minimum Gasteiger partial charge on any atom is -0.467 e. The van der Waals surface area contributed by atoms with E-state index in [9.17, 15) is 4.79 Å². The number of carbonyl (C=O) groups is 1. The van der Waals surface area contributed by atoms with Gasteiger partial charge in [-0.05, 0) is 52.0 Å². The maximum absolute atomic E-state index is 12.9. The van der Waals surface area contributed by atoms with Gasteiger partial charge in [-0.2, -0.15) is 0 Å². The van der Waals surface area contributed by atoms with Gasteiger partial charge in [0.2, 0.25) is 0 Å². The van der Waals surface area contributed by atoms with E-state index in [4.69, 9.17) is 23.1 Å². The SMILES string of the molecule is COCOC1=CC(=O)O[C@@]12C[C@H](C)C(CO[Si](c1ccccc1)(c1ccccc1)C(C)(C)C)=C[C@]2(C)/C=C\CO[Si](C)(C)C(C)(C)C. The first-order chi connectivity index (χ1) is 21.9. The maximum atomic E-state index is 12.9. The fraction of sp³-hybridized carbons (Fsp3) is 0.513. The highest BCUT2D eigenvalue weighted by molar-refractivity contribution is 6.99. The Bertz CT molecular complexity index is 1430. The maximum Gasteiger partial charge on any atom is 0.335 e. The van der Waals surface area contributed by atoms with Crippen molar-refractivity contribution in [3.8, 4) is 0 Å². The molecule has 0 radical (unpaired) electrons. The van der Waals surface area contributed by atoms with Gasteiger partial charge in [0.15, 0.2) is 26.5 Å². The van der Waals surface area contributed by atoms with Gasteiger partial charge < -0.3 is 23.1 Å². The molecule has 1 aliphatic heterocycles. The zero-order chi connectivity index (χ0) is 34.7. The molecule has 8 heteroatoms. The van der Waals surface area contributed by atoms with Gasteiger partial charge in [0.05, 0.1) is 24.7 Å². The Morgan fingerprint density at radius 3 is 2.00 bits per heavy atom. The molecule has 0 aromatic heterocycles. The zero-order valence-corrected chi connectivity index (χ0v) is 32.4. The van der Waals surface area contributed by atoms with Crippen LogP contribution < -0.4 is 10.4 Å². The predicted octanol–water partition coefficient (Wildman–Crippen LogP) is 7.91. The van der Waals surface area contributed by atoms with Crippen molar-refractivity contribution in [1.82, 2.24) is 0 Å². The topological polar surface area (TPSA) is 63.2 Å². The van der Waals surface area contributed by atoms with Crippen molar-refractivity contribution in [3.63, 3.8) is 0 Å². The van der Waals surface area contributed by atoms with Crippen molar-refractivity contribution < 1.29 is 27.9 Å². The van der Waals surface area contributed by atoms with Gasteiger partial charge in [-0.25, -0.2) is 4.79 Å². The van der Waals surface area contributed by atoms with E-state index in [1.807, 2.05) is 0 Å². The molecule has 0 N–H and O–H groups in total. The van der Waals surface area contributed by atoms with Crippen LogP contribution in [0.2, 0.25) is 23.2 Å². The number of rotatable bonds is 12. The lowest BCUT2D eigenvalue weighted by Crippen LogP contribution is -2.66. The lowest BCUT2D eigenvalue weighted by atomic mass is 9.62. The van der Waals surface area contributed by atoms with Crippen molar-refractivity contribution in [2.45, 2.75) is 90.6 Å². The van der Waals surface area contributed by atoms with Gasteiger partial charge >= 0.3 is 5.97 Å². The second kappa shape index (κ2) is 14.0. The minimum atomic E-state index is -2.77. The van der Waals surface area contributed by atoms with Crippen LogP contribution in [0.15, 0.2) is 96.3 Å². The molecule has 3 atom stereocenters. The van der Waals surface area contributed by atoms with E-state index < -0.39 is 33.6 Å². The van der Waals surface area contributed by atoms with Gasteiger partial charge in [-0.15, -0.1) is 0 Å². The number of methoxy groups -OCH3 is 1. The number of ether oxygens (including phenoxy) is 3. The summed E-state index contributed by atoms with van der Waals surface area (Å²) in [4.78, 5) is 12.9. The second-order valence-corrected chi connectivity index (χ2v) is 25.0. The molecule has 0 bridgehead atoms. The third-order valence-electron chi connectivity index (χ3n) is 10.5. The summed E-state index contributed by atoms with van der Waals surface area (Å²) < 4.78 is 31.5. The first kappa shape index (κ1) is 37.1. The molecular formula is C39H56O6Si2. The first-order valence-corrected chi connectivity index (χ1v) is 21.6. The highest BCUT2D eigenvalue weighted by Gasteiger charge is 2.59. The number of carbonyl (C=O) groups excluding carboxylic acids is 1. The Labute approximate surface area is 285 Å².